The Balaban J connectivity index is 2.29. The number of pyridine rings is 1. The van der Waals surface area contributed by atoms with Crippen molar-refractivity contribution in [3.63, 3.8) is 0 Å². The van der Waals surface area contributed by atoms with Crippen LogP contribution >= 0.6 is 0 Å². The summed E-state index contributed by atoms with van der Waals surface area (Å²) in [5.74, 6) is -1.09. The molecule has 0 aliphatic rings. The largest absolute Gasteiger partial charge is 0.296 e. The lowest BCUT2D eigenvalue weighted by molar-refractivity contribution is -0.128. The van der Waals surface area contributed by atoms with Crippen LogP contribution in [-0.4, -0.2) is 17.2 Å². The fourth-order valence-corrected chi connectivity index (χ4v) is 1.46. The molecule has 0 atom stereocenters. The molecule has 82 valence electrons. The lowest BCUT2D eigenvalue weighted by Crippen LogP contribution is -2.13. The monoisotopic (exact) mass is 221 g/mol. The molecular formula is C12H9F2NO. The van der Waals surface area contributed by atoms with Crippen LogP contribution in [0.3, 0.4) is 0 Å². The predicted molar refractivity (Wildman–Crippen MR) is 56.5 cm³/mol. The zero-order valence-electron chi connectivity index (χ0n) is 8.36. The zero-order chi connectivity index (χ0) is 11.5. The molecule has 0 bridgehead atoms. The fraction of sp³-hybridized carbons (Fsp3) is 0.167. The van der Waals surface area contributed by atoms with E-state index in [2.05, 4.69) is 4.98 Å². The van der Waals surface area contributed by atoms with Crippen LogP contribution in [0.1, 0.15) is 5.69 Å². The molecule has 2 nitrogen and oxygen atoms in total. The quantitative estimate of drug-likeness (QED) is 0.797. The Morgan fingerprint density at radius 1 is 1.19 bits per heavy atom. The summed E-state index contributed by atoms with van der Waals surface area (Å²) in [7, 11) is 0. The molecule has 1 heterocycles. The lowest BCUT2D eigenvalue weighted by atomic mass is 10.1. The third-order valence-corrected chi connectivity index (χ3v) is 2.25. The Bertz CT molecular complexity index is 525. The molecule has 0 N–H and O–H groups in total. The lowest BCUT2D eigenvalue weighted by Gasteiger charge is -2.01. The third kappa shape index (κ3) is 2.21. The van der Waals surface area contributed by atoms with Gasteiger partial charge in [-0.3, -0.25) is 9.78 Å². The number of aromatic nitrogens is 1. The van der Waals surface area contributed by atoms with Crippen molar-refractivity contribution < 1.29 is 13.6 Å². The smallest absolute Gasteiger partial charge is 0.293 e. The van der Waals surface area contributed by atoms with Crippen molar-refractivity contribution >= 4 is 16.7 Å². The second-order valence-electron chi connectivity index (χ2n) is 3.44. The summed E-state index contributed by atoms with van der Waals surface area (Å²) in [6.45, 7) is 0. The van der Waals surface area contributed by atoms with E-state index in [9.17, 15) is 13.6 Å². The van der Waals surface area contributed by atoms with Gasteiger partial charge in [-0.15, -0.1) is 0 Å². The van der Waals surface area contributed by atoms with E-state index >= 15 is 0 Å². The van der Waals surface area contributed by atoms with Crippen molar-refractivity contribution in [3.8, 4) is 0 Å². The van der Waals surface area contributed by atoms with Crippen LogP contribution in [0.4, 0.5) is 8.78 Å². The maximum absolute atomic E-state index is 12.1. The minimum absolute atomic E-state index is 0.317. The molecule has 2 aromatic rings. The van der Waals surface area contributed by atoms with E-state index in [-0.39, 0.29) is 6.42 Å². The summed E-state index contributed by atoms with van der Waals surface area (Å²) < 4.78 is 24.1. The zero-order valence-corrected chi connectivity index (χ0v) is 8.36. The summed E-state index contributed by atoms with van der Waals surface area (Å²) in [5.41, 5.74) is 1.09. The van der Waals surface area contributed by atoms with E-state index < -0.39 is 12.2 Å². The summed E-state index contributed by atoms with van der Waals surface area (Å²) in [5, 5.41) is 0.927. The number of ketones is 1. The molecule has 0 saturated heterocycles. The number of benzene rings is 1. The molecule has 0 aliphatic carbocycles. The Labute approximate surface area is 90.9 Å². The van der Waals surface area contributed by atoms with Crippen LogP contribution in [0.25, 0.3) is 10.9 Å². The first kappa shape index (κ1) is 10.7. The van der Waals surface area contributed by atoms with Crippen LogP contribution in [-0.2, 0) is 11.2 Å². The molecule has 0 saturated carbocycles. The van der Waals surface area contributed by atoms with Crippen LogP contribution in [0.15, 0.2) is 36.4 Å². The van der Waals surface area contributed by atoms with Gasteiger partial charge in [0, 0.05) is 11.1 Å². The van der Waals surface area contributed by atoms with Crippen LogP contribution in [0, 0.1) is 0 Å². The number of hydrogen-bond donors (Lipinski definition) is 0. The maximum atomic E-state index is 12.1. The van der Waals surface area contributed by atoms with Gasteiger partial charge in [0.05, 0.1) is 11.9 Å². The highest BCUT2D eigenvalue weighted by molar-refractivity contribution is 5.84. The minimum Gasteiger partial charge on any atom is -0.293 e. The number of alkyl halides is 2. The first-order valence-corrected chi connectivity index (χ1v) is 4.82. The topological polar surface area (TPSA) is 30.0 Å². The number of nitrogens with zero attached hydrogens (tertiary/aromatic N) is 1. The molecule has 1 aromatic carbocycles. The standard InChI is InChI=1S/C12H9F2NO/c13-12(14)11(16)7-9-6-5-8-3-1-2-4-10(8)15-9/h1-6,12H,7H2. The van der Waals surface area contributed by atoms with E-state index in [1.54, 1.807) is 18.2 Å². The average molecular weight is 221 g/mol. The van der Waals surface area contributed by atoms with Crippen molar-refractivity contribution in [2.45, 2.75) is 12.8 Å². The number of para-hydroxylation sites is 1. The van der Waals surface area contributed by atoms with Gasteiger partial charge in [-0.25, -0.2) is 8.78 Å². The molecule has 0 fully saturated rings. The van der Waals surface area contributed by atoms with Gasteiger partial charge in [0.2, 0.25) is 5.78 Å². The summed E-state index contributed by atoms with van der Waals surface area (Å²) in [6.07, 6.45) is -3.24. The SMILES string of the molecule is O=C(Cc1ccc2ccccc2n1)C(F)F. The third-order valence-electron chi connectivity index (χ3n) is 2.25. The number of hydrogen-bond acceptors (Lipinski definition) is 2. The highest BCUT2D eigenvalue weighted by atomic mass is 19.3. The molecule has 2 rings (SSSR count). The summed E-state index contributed by atoms with van der Waals surface area (Å²) in [6, 6.07) is 10.7. The van der Waals surface area contributed by atoms with Crippen LogP contribution < -0.4 is 0 Å². The molecule has 16 heavy (non-hydrogen) atoms. The van der Waals surface area contributed by atoms with Gasteiger partial charge in [-0.05, 0) is 12.1 Å². The van der Waals surface area contributed by atoms with Gasteiger partial charge in [-0.2, -0.15) is 0 Å². The number of Topliss-reactive ketones (excluding diaryl/α,β-unsaturated/α-hetero) is 1. The molecule has 0 aliphatic heterocycles. The number of halogens is 2. The van der Waals surface area contributed by atoms with Crippen molar-refractivity contribution in [2.75, 3.05) is 0 Å². The van der Waals surface area contributed by atoms with Gasteiger partial charge in [0.15, 0.2) is 0 Å². The molecule has 1 aromatic heterocycles. The molecule has 0 unspecified atom stereocenters. The number of carbonyl (C=O) groups excluding carboxylic acids is 1. The number of rotatable bonds is 3. The number of fused-ring (bicyclic) bond motifs is 1. The van der Waals surface area contributed by atoms with E-state index in [0.717, 1.165) is 5.39 Å². The van der Waals surface area contributed by atoms with Gasteiger partial charge in [0.25, 0.3) is 6.43 Å². The maximum Gasteiger partial charge on any atom is 0.296 e. The van der Waals surface area contributed by atoms with Gasteiger partial charge >= 0.3 is 0 Å². The molecular weight excluding hydrogens is 212 g/mol. The van der Waals surface area contributed by atoms with Gasteiger partial charge in [0.1, 0.15) is 0 Å². The number of carbonyl (C=O) groups is 1. The second kappa shape index (κ2) is 4.35. The molecule has 0 radical (unpaired) electrons. The second-order valence-corrected chi connectivity index (χ2v) is 3.44. The van der Waals surface area contributed by atoms with E-state index in [1.165, 1.54) is 0 Å². The van der Waals surface area contributed by atoms with Gasteiger partial charge in [-0.1, -0.05) is 24.3 Å². The Morgan fingerprint density at radius 2 is 1.94 bits per heavy atom. The highest BCUT2D eigenvalue weighted by Gasteiger charge is 2.16. The van der Waals surface area contributed by atoms with E-state index in [0.29, 0.717) is 11.2 Å². The Hall–Kier alpha value is -1.84. The Morgan fingerprint density at radius 3 is 2.69 bits per heavy atom. The van der Waals surface area contributed by atoms with Gasteiger partial charge < -0.3 is 0 Å². The van der Waals surface area contributed by atoms with Crippen molar-refractivity contribution in [3.05, 3.63) is 42.1 Å². The van der Waals surface area contributed by atoms with Crippen LogP contribution in [0.5, 0.6) is 0 Å². The van der Waals surface area contributed by atoms with E-state index in [4.69, 9.17) is 0 Å². The molecule has 0 amide bonds. The van der Waals surface area contributed by atoms with Crippen molar-refractivity contribution in [1.82, 2.24) is 4.98 Å². The fourth-order valence-electron chi connectivity index (χ4n) is 1.46. The van der Waals surface area contributed by atoms with Crippen molar-refractivity contribution in [1.29, 1.82) is 0 Å². The molecule has 4 heteroatoms. The first-order valence-electron chi connectivity index (χ1n) is 4.82. The summed E-state index contributed by atoms with van der Waals surface area (Å²) in [4.78, 5) is 15.0. The molecule has 0 spiro atoms. The summed E-state index contributed by atoms with van der Waals surface area (Å²) >= 11 is 0. The first-order chi connectivity index (χ1) is 7.66. The highest BCUT2D eigenvalue weighted by Crippen LogP contribution is 2.12. The van der Waals surface area contributed by atoms with Crippen molar-refractivity contribution in [2.24, 2.45) is 0 Å². The Kier molecular flexibility index (Phi) is 2.90. The predicted octanol–water partition coefficient (Wildman–Crippen LogP) is 2.61. The minimum atomic E-state index is -2.92. The van der Waals surface area contributed by atoms with E-state index in [1.807, 2.05) is 18.2 Å². The normalized spacial score (nSPS) is 10.9. The van der Waals surface area contributed by atoms with Crippen LogP contribution in [0.2, 0.25) is 0 Å². The average Bonchev–Trinajstić information content (AvgIpc) is 2.28.